The highest BCUT2D eigenvalue weighted by atomic mass is 16.3. The number of benzene rings is 9. The Kier molecular flexibility index (Phi) is 9.09. The zero-order valence-corrected chi connectivity index (χ0v) is 38.4. The summed E-state index contributed by atoms with van der Waals surface area (Å²) in [5.41, 5.74) is 22.0. The fourth-order valence-electron chi connectivity index (χ4n) is 10.4. The van der Waals surface area contributed by atoms with Crippen LogP contribution in [0.4, 0.5) is 28.4 Å². The van der Waals surface area contributed by atoms with Crippen LogP contribution in [-0.2, 0) is 10.8 Å². The number of para-hydroxylation sites is 1. The molecule has 0 atom stereocenters. The first-order valence-electron chi connectivity index (χ1n) is 23.3. The maximum Gasteiger partial charge on any atom is 0.333 e. The van der Waals surface area contributed by atoms with Gasteiger partial charge in [-0.1, -0.05) is 187 Å². The molecule has 0 unspecified atom stereocenters. The van der Waals surface area contributed by atoms with Crippen LogP contribution in [0.25, 0.3) is 66.4 Å². The molecule has 2 aliphatic heterocycles. The number of hydrogen-bond acceptors (Lipinski definition) is 3. The third-order valence-electron chi connectivity index (χ3n) is 13.9. The maximum absolute atomic E-state index is 7.14. The Morgan fingerprint density at radius 3 is 1.53 bits per heavy atom. The Labute approximate surface area is 388 Å². The first-order chi connectivity index (χ1) is 32.0. The summed E-state index contributed by atoms with van der Waals surface area (Å²) in [4.78, 5) is 5.18. The number of furan rings is 1. The molecule has 0 amide bonds. The Bertz CT molecular complexity index is 3460. The second-order valence-electron chi connectivity index (χ2n) is 20.2. The van der Waals surface area contributed by atoms with E-state index in [-0.39, 0.29) is 17.7 Å². The molecule has 3 heterocycles. The van der Waals surface area contributed by atoms with E-state index in [0.29, 0.717) is 0 Å². The van der Waals surface area contributed by atoms with E-state index in [1.165, 1.54) is 66.8 Å². The lowest BCUT2D eigenvalue weighted by Gasteiger charge is -2.46. The van der Waals surface area contributed by atoms with Crippen molar-refractivity contribution in [2.45, 2.75) is 52.4 Å². The zero-order chi connectivity index (χ0) is 44.9. The van der Waals surface area contributed by atoms with Crippen LogP contribution in [0.2, 0.25) is 0 Å². The molecule has 1 aromatic heterocycles. The van der Waals surface area contributed by atoms with E-state index in [1.54, 1.807) is 0 Å². The molecule has 12 rings (SSSR count). The number of nitrogens with zero attached hydrogens (tertiary/aromatic N) is 2. The average molecular weight is 851 g/mol. The third kappa shape index (κ3) is 6.50. The molecule has 4 heteroatoms. The minimum absolute atomic E-state index is 0.0754. The summed E-state index contributed by atoms with van der Waals surface area (Å²) in [5, 5.41) is 2.24. The minimum atomic E-state index is -0.201. The predicted molar refractivity (Wildman–Crippen MR) is 281 cm³/mol. The molecule has 0 spiro atoms. The van der Waals surface area contributed by atoms with Gasteiger partial charge in [0.2, 0.25) is 0 Å². The summed E-state index contributed by atoms with van der Waals surface area (Å²) in [6.07, 6.45) is 0. The van der Waals surface area contributed by atoms with E-state index in [9.17, 15) is 0 Å². The van der Waals surface area contributed by atoms with Gasteiger partial charge in [0.15, 0.2) is 0 Å². The summed E-state index contributed by atoms with van der Waals surface area (Å²) in [6, 6.07) is 74.0. The predicted octanol–water partition coefficient (Wildman–Crippen LogP) is 15.9. The van der Waals surface area contributed by atoms with Crippen LogP contribution >= 0.6 is 0 Å². The van der Waals surface area contributed by atoms with Crippen LogP contribution < -0.4 is 20.6 Å². The molecule has 0 saturated heterocycles. The molecule has 0 fully saturated rings. The topological polar surface area (TPSA) is 19.6 Å². The van der Waals surface area contributed by atoms with Crippen molar-refractivity contribution < 1.29 is 4.42 Å². The highest BCUT2D eigenvalue weighted by Gasteiger charge is 2.47. The van der Waals surface area contributed by atoms with Crippen molar-refractivity contribution in [2.24, 2.45) is 0 Å². The Morgan fingerprint density at radius 2 is 0.924 bits per heavy atom. The van der Waals surface area contributed by atoms with E-state index in [0.717, 1.165) is 50.1 Å². The first-order valence-corrected chi connectivity index (χ1v) is 23.3. The molecule has 3 nitrogen and oxygen atoms in total. The van der Waals surface area contributed by atoms with Crippen LogP contribution in [0.1, 0.15) is 52.7 Å². The highest BCUT2D eigenvalue weighted by Crippen LogP contribution is 2.52. The second kappa shape index (κ2) is 15.0. The smallest absolute Gasteiger partial charge is 0.333 e. The lowest BCUT2D eigenvalue weighted by molar-refractivity contribution is 0.569. The van der Waals surface area contributed by atoms with Crippen molar-refractivity contribution in [2.75, 3.05) is 9.71 Å². The van der Waals surface area contributed by atoms with Gasteiger partial charge in [-0.2, -0.15) is 0 Å². The number of rotatable bonds is 5. The van der Waals surface area contributed by atoms with E-state index in [1.807, 2.05) is 0 Å². The molecular weight excluding hydrogens is 800 g/mol. The molecule has 0 bridgehead atoms. The van der Waals surface area contributed by atoms with Gasteiger partial charge in [0.1, 0.15) is 11.2 Å². The van der Waals surface area contributed by atoms with Crippen molar-refractivity contribution >= 4 is 68.1 Å². The van der Waals surface area contributed by atoms with Crippen LogP contribution in [0, 0.1) is 0 Å². The standard InChI is InChI=1S/C62H51BN2O/c1-61(2,3)46-36-47(62(4,5)6)38-49(37-46)64-55-33-29-45(42-22-14-9-15-23-42)35-53(55)63-59-56(64)39-51-50-24-16-17-25-57(50)66-60(51)58(59)52-34-44(41-20-12-8-13-21-41)28-32-54(52)65(63)48-30-26-43(27-31-48)40-18-10-7-11-19-40/h7-39H,1-6H3. The molecule has 318 valence electrons. The summed E-state index contributed by atoms with van der Waals surface area (Å²) in [6.45, 7) is 13.8. The summed E-state index contributed by atoms with van der Waals surface area (Å²) in [7, 11) is 0. The quantitative estimate of drug-likeness (QED) is 0.161. The average Bonchev–Trinajstić information content (AvgIpc) is 3.72. The van der Waals surface area contributed by atoms with Crippen molar-refractivity contribution in [1.82, 2.24) is 0 Å². The molecule has 10 aromatic rings. The van der Waals surface area contributed by atoms with Gasteiger partial charge in [-0.05, 0) is 121 Å². The van der Waals surface area contributed by atoms with Crippen LogP contribution in [0.5, 0.6) is 0 Å². The fourth-order valence-corrected chi connectivity index (χ4v) is 10.4. The normalized spacial score (nSPS) is 13.2. The van der Waals surface area contributed by atoms with E-state index < -0.39 is 0 Å². The van der Waals surface area contributed by atoms with Crippen LogP contribution in [0.3, 0.4) is 0 Å². The van der Waals surface area contributed by atoms with Gasteiger partial charge in [0, 0.05) is 50.3 Å². The third-order valence-corrected chi connectivity index (χ3v) is 13.9. The number of fused-ring (bicyclic) bond motifs is 8. The molecule has 0 radical (unpaired) electrons. The Hall–Kier alpha value is -7.56. The van der Waals surface area contributed by atoms with E-state index >= 15 is 0 Å². The van der Waals surface area contributed by atoms with Gasteiger partial charge in [0.25, 0.3) is 0 Å². The van der Waals surface area contributed by atoms with Crippen LogP contribution in [-0.4, -0.2) is 6.85 Å². The van der Waals surface area contributed by atoms with Gasteiger partial charge >= 0.3 is 6.85 Å². The Morgan fingerprint density at radius 1 is 0.409 bits per heavy atom. The SMILES string of the molecule is CC(C)(C)c1cc(N2c3ccc(-c4ccccc4)cc3B3c4c2cc2c(oc5ccccc52)c4-c2cc(-c4ccccc4)ccc2N3c2ccc(-c3ccccc3)cc2)cc(C(C)(C)C)c1. The van der Waals surface area contributed by atoms with Gasteiger partial charge < -0.3 is 14.1 Å². The van der Waals surface area contributed by atoms with Crippen molar-refractivity contribution in [1.29, 1.82) is 0 Å². The minimum Gasteiger partial charge on any atom is -0.455 e. The molecule has 2 aliphatic rings. The maximum atomic E-state index is 7.14. The van der Waals surface area contributed by atoms with Gasteiger partial charge in [-0.15, -0.1) is 0 Å². The Balaban J connectivity index is 1.23. The largest absolute Gasteiger partial charge is 0.455 e. The van der Waals surface area contributed by atoms with E-state index in [2.05, 4.69) is 251 Å². The number of anilines is 5. The summed E-state index contributed by atoms with van der Waals surface area (Å²) >= 11 is 0. The first kappa shape index (κ1) is 40.0. The highest BCUT2D eigenvalue weighted by molar-refractivity contribution is 6.94. The lowest BCUT2D eigenvalue weighted by atomic mass is 9.43. The summed E-state index contributed by atoms with van der Waals surface area (Å²) < 4.78 is 7.14. The summed E-state index contributed by atoms with van der Waals surface area (Å²) in [5.74, 6) is 0. The molecule has 66 heavy (non-hydrogen) atoms. The van der Waals surface area contributed by atoms with Gasteiger partial charge in [-0.25, -0.2) is 0 Å². The molecule has 9 aromatic carbocycles. The van der Waals surface area contributed by atoms with Crippen molar-refractivity contribution in [3.05, 3.63) is 211 Å². The lowest BCUT2D eigenvalue weighted by Crippen LogP contribution is -2.61. The van der Waals surface area contributed by atoms with Gasteiger partial charge in [-0.3, -0.25) is 0 Å². The second-order valence-corrected chi connectivity index (χ2v) is 20.2. The monoisotopic (exact) mass is 850 g/mol. The van der Waals surface area contributed by atoms with E-state index in [4.69, 9.17) is 4.42 Å². The van der Waals surface area contributed by atoms with Crippen molar-refractivity contribution in [3.63, 3.8) is 0 Å². The van der Waals surface area contributed by atoms with Gasteiger partial charge in [0.05, 0.1) is 0 Å². The number of hydrogen-bond donors (Lipinski definition) is 0. The molecular formula is C62H51BN2O. The molecule has 0 saturated carbocycles. The molecule has 0 N–H and O–H groups in total. The molecule has 0 aliphatic carbocycles. The fraction of sp³-hybridized carbons (Fsp3) is 0.129. The zero-order valence-electron chi connectivity index (χ0n) is 38.4. The van der Waals surface area contributed by atoms with Crippen LogP contribution in [0.15, 0.2) is 205 Å². The van der Waals surface area contributed by atoms with Crippen molar-refractivity contribution in [3.8, 4) is 44.5 Å².